The van der Waals surface area contributed by atoms with Crippen LogP contribution in [-0.2, 0) is 9.53 Å². The van der Waals surface area contributed by atoms with E-state index >= 15 is 0 Å². The Morgan fingerprint density at radius 1 is 1.19 bits per heavy atom. The largest absolute Gasteiger partial charge is 0.466 e. The Bertz CT molecular complexity index is 188. The molecule has 0 unspecified atom stereocenters. The number of rotatable bonds is 8. The monoisotopic (exact) mass is 227 g/mol. The summed E-state index contributed by atoms with van der Waals surface area (Å²) in [6.45, 7) is 5.99. The lowest BCUT2D eigenvalue weighted by molar-refractivity contribution is -0.144. The van der Waals surface area contributed by atoms with Crippen molar-refractivity contribution in [3.05, 3.63) is 0 Å². The van der Waals surface area contributed by atoms with E-state index in [1.807, 2.05) is 0 Å². The second-order valence-corrected chi connectivity index (χ2v) is 4.58. The van der Waals surface area contributed by atoms with Gasteiger partial charge in [-0.05, 0) is 32.4 Å². The highest BCUT2D eigenvalue weighted by atomic mass is 16.5. The maximum atomic E-state index is 11.4. The van der Waals surface area contributed by atoms with Crippen molar-refractivity contribution < 1.29 is 9.53 Å². The van der Waals surface area contributed by atoms with E-state index in [1.54, 1.807) is 0 Å². The first-order valence-corrected chi connectivity index (χ1v) is 6.71. The minimum Gasteiger partial charge on any atom is -0.466 e. The molecule has 1 aliphatic heterocycles. The molecule has 1 rings (SSSR count). The van der Waals surface area contributed by atoms with Crippen LogP contribution in [0.3, 0.4) is 0 Å². The normalized spacial score (nSPS) is 16.6. The molecule has 3 heteroatoms. The van der Waals surface area contributed by atoms with Gasteiger partial charge < -0.3 is 9.64 Å². The summed E-state index contributed by atoms with van der Waals surface area (Å²) < 4.78 is 5.18. The Kier molecular flexibility index (Phi) is 7.23. The fourth-order valence-electron chi connectivity index (χ4n) is 2.04. The lowest BCUT2D eigenvalue weighted by Crippen LogP contribution is -2.23. The molecule has 94 valence electrons. The summed E-state index contributed by atoms with van der Waals surface area (Å²) >= 11 is 0. The lowest BCUT2D eigenvalue weighted by atomic mass is 10.2. The molecule has 0 aromatic carbocycles. The number of likely N-dealkylation sites (tertiary alicyclic amines) is 1. The second-order valence-electron chi connectivity index (χ2n) is 4.58. The van der Waals surface area contributed by atoms with Crippen LogP contribution in [0.5, 0.6) is 0 Å². The third-order valence-corrected chi connectivity index (χ3v) is 3.09. The number of carbonyl (C=O) groups is 1. The van der Waals surface area contributed by atoms with Crippen LogP contribution >= 0.6 is 0 Å². The minimum absolute atomic E-state index is 0.0246. The summed E-state index contributed by atoms with van der Waals surface area (Å²) in [5, 5.41) is 0. The lowest BCUT2D eigenvalue weighted by Gasteiger charge is -2.13. The van der Waals surface area contributed by atoms with Gasteiger partial charge in [-0.3, -0.25) is 4.79 Å². The molecule has 0 aliphatic carbocycles. The van der Waals surface area contributed by atoms with E-state index < -0.39 is 0 Å². The van der Waals surface area contributed by atoms with Crippen molar-refractivity contribution in [3.63, 3.8) is 0 Å². The van der Waals surface area contributed by atoms with Crippen LogP contribution in [0.2, 0.25) is 0 Å². The maximum Gasteiger partial charge on any atom is 0.307 e. The second kappa shape index (κ2) is 8.57. The van der Waals surface area contributed by atoms with Crippen LogP contribution in [0.4, 0.5) is 0 Å². The first-order chi connectivity index (χ1) is 7.83. The molecule has 16 heavy (non-hydrogen) atoms. The molecule has 0 radical (unpaired) electrons. The highest BCUT2D eigenvalue weighted by Crippen LogP contribution is 2.07. The average molecular weight is 227 g/mol. The van der Waals surface area contributed by atoms with E-state index in [0.717, 1.165) is 26.1 Å². The van der Waals surface area contributed by atoms with Crippen molar-refractivity contribution in [1.82, 2.24) is 4.90 Å². The molecule has 3 nitrogen and oxygen atoms in total. The summed E-state index contributed by atoms with van der Waals surface area (Å²) in [6.07, 6.45) is 7.79. The SMILES string of the molecule is CCCCCCOC(=O)CCN1CCCC1. The number of unbranched alkanes of at least 4 members (excludes halogenated alkanes) is 3. The fourth-order valence-corrected chi connectivity index (χ4v) is 2.04. The van der Waals surface area contributed by atoms with Gasteiger partial charge in [0.1, 0.15) is 0 Å². The predicted octanol–water partition coefficient (Wildman–Crippen LogP) is 2.60. The summed E-state index contributed by atoms with van der Waals surface area (Å²) in [7, 11) is 0. The zero-order valence-electron chi connectivity index (χ0n) is 10.5. The molecular weight excluding hydrogens is 202 g/mol. The van der Waals surface area contributed by atoms with E-state index in [-0.39, 0.29) is 5.97 Å². The van der Waals surface area contributed by atoms with Gasteiger partial charge in [-0.2, -0.15) is 0 Å². The van der Waals surface area contributed by atoms with E-state index in [0.29, 0.717) is 13.0 Å². The molecule has 0 N–H and O–H groups in total. The first kappa shape index (κ1) is 13.5. The molecule has 1 aliphatic rings. The van der Waals surface area contributed by atoms with Gasteiger partial charge in [0, 0.05) is 6.54 Å². The van der Waals surface area contributed by atoms with Gasteiger partial charge in [0.2, 0.25) is 0 Å². The number of carbonyl (C=O) groups excluding carboxylic acids is 1. The van der Waals surface area contributed by atoms with Crippen molar-refractivity contribution in [2.75, 3.05) is 26.2 Å². The fraction of sp³-hybridized carbons (Fsp3) is 0.923. The number of ether oxygens (including phenoxy) is 1. The zero-order chi connectivity index (χ0) is 11.6. The highest BCUT2D eigenvalue weighted by molar-refractivity contribution is 5.69. The maximum absolute atomic E-state index is 11.4. The van der Waals surface area contributed by atoms with Gasteiger partial charge in [-0.1, -0.05) is 26.2 Å². The minimum atomic E-state index is -0.0246. The molecule has 0 amide bonds. The topological polar surface area (TPSA) is 29.5 Å². The molecule has 0 bridgehead atoms. The van der Waals surface area contributed by atoms with Gasteiger partial charge >= 0.3 is 5.97 Å². The van der Waals surface area contributed by atoms with Crippen molar-refractivity contribution in [2.45, 2.75) is 51.9 Å². The Morgan fingerprint density at radius 3 is 2.62 bits per heavy atom. The Morgan fingerprint density at radius 2 is 1.94 bits per heavy atom. The molecule has 1 saturated heterocycles. The van der Waals surface area contributed by atoms with Crippen molar-refractivity contribution in [2.24, 2.45) is 0 Å². The Labute approximate surface area is 99.1 Å². The van der Waals surface area contributed by atoms with E-state index in [2.05, 4.69) is 11.8 Å². The van der Waals surface area contributed by atoms with Gasteiger partial charge in [0.05, 0.1) is 13.0 Å². The predicted molar refractivity (Wildman–Crippen MR) is 65.4 cm³/mol. The third kappa shape index (κ3) is 6.11. The van der Waals surface area contributed by atoms with E-state index in [4.69, 9.17) is 4.74 Å². The number of hydrogen-bond donors (Lipinski definition) is 0. The molecule has 0 spiro atoms. The van der Waals surface area contributed by atoms with Gasteiger partial charge in [-0.25, -0.2) is 0 Å². The van der Waals surface area contributed by atoms with Crippen molar-refractivity contribution in [1.29, 1.82) is 0 Å². The van der Waals surface area contributed by atoms with Crippen LogP contribution < -0.4 is 0 Å². The number of esters is 1. The van der Waals surface area contributed by atoms with Gasteiger partial charge in [0.25, 0.3) is 0 Å². The summed E-state index contributed by atoms with van der Waals surface area (Å²) in [5.74, 6) is -0.0246. The average Bonchev–Trinajstić information content (AvgIpc) is 2.79. The van der Waals surface area contributed by atoms with Crippen LogP contribution in [0, 0.1) is 0 Å². The highest BCUT2D eigenvalue weighted by Gasteiger charge is 2.13. The van der Waals surface area contributed by atoms with Crippen molar-refractivity contribution >= 4 is 5.97 Å². The van der Waals surface area contributed by atoms with Crippen molar-refractivity contribution in [3.8, 4) is 0 Å². The first-order valence-electron chi connectivity index (χ1n) is 6.71. The van der Waals surface area contributed by atoms with Gasteiger partial charge in [0.15, 0.2) is 0 Å². The molecule has 1 fully saturated rings. The van der Waals surface area contributed by atoms with Crippen LogP contribution in [0.25, 0.3) is 0 Å². The van der Waals surface area contributed by atoms with Crippen LogP contribution in [-0.4, -0.2) is 37.1 Å². The third-order valence-electron chi connectivity index (χ3n) is 3.09. The smallest absolute Gasteiger partial charge is 0.307 e. The molecule has 0 atom stereocenters. The number of nitrogens with zero attached hydrogens (tertiary/aromatic N) is 1. The van der Waals surface area contributed by atoms with Gasteiger partial charge in [-0.15, -0.1) is 0 Å². The molecule has 1 heterocycles. The molecule has 0 saturated carbocycles. The van der Waals surface area contributed by atoms with Crippen LogP contribution in [0.1, 0.15) is 51.9 Å². The Hall–Kier alpha value is -0.570. The Balaban J connectivity index is 1.90. The molecular formula is C13H25NO2. The number of hydrogen-bond acceptors (Lipinski definition) is 3. The summed E-state index contributed by atoms with van der Waals surface area (Å²) in [4.78, 5) is 13.7. The standard InChI is InChI=1S/C13H25NO2/c1-2-3-4-7-12-16-13(15)8-11-14-9-5-6-10-14/h2-12H2,1H3. The molecule has 0 aromatic heterocycles. The van der Waals surface area contributed by atoms with E-state index in [1.165, 1.54) is 32.1 Å². The zero-order valence-corrected chi connectivity index (χ0v) is 10.5. The molecule has 0 aromatic rings. The summed E-state index contributed by atoms with van der Waals surface area (Å²) in [6, 6.07) is 0. The quantitative estimate of drug-likeness (QED) is 0.471. The van der Waals surface area contributed by atoms with Crippen LogP contribution in [0.15, 0.2) is 0 Å². The summed E-state index contributed by atoms with van der Waals surface area (Å²) in [5.41, 5.74) is 0. The van der Waals surface area contributed by atoms with E-state index in [9.17, 15) is 4.79 Å².